The summed E-state index contributed by atoms with van der Waals surface area (Å²) in [7, 11) is 0. The lowest BCUT2D eigenvalue weighted by atomic mass is 10.0. The largest absolute Gasteiger partial charge is 0.444 e. The van der Waals surface area contributed by atoms with Crippen LogP contribution in [-0.4, -0.2) is 33.5 Å². The lowest BCUT2D eigenvalue weighted by Crippen LogP contribution is -2.35. The highest BCUT2D eigenvalue weighted by Gasteiger charge is 2.56. The van der Waals surface area contributed by atoms with E-state index in [1.165, 1.54) is 18.0 Å². The highest BCUT2D eigenvalue weighted by molar-refractivity contribution is 8.13. The third-order valence-corrected chi connectivity index (χ3v) is 6.40. The van der Waals surface area contributed by atoms with Crippen molar-refractivity contribution in [2.75, 3.05) is 11.1 Å². The molecule has 2 N–H and O–H groups in total. The predicted octanol–water partition coefficient (Wildman–Crippen LogP) is 5.22. The van der Waals surface area contributed by atoms with E-state index in [9.17, 15) is 9.59 Å². The number of carbonyl (C=O) groups is 2. The summed E-state index contributed by atoms with van der Waals surface area (Å²) in [6.45, 7) is 5.48. The van der Waals surface area contributed by atoms with Crippen molar-refractivity contribution in [3.05, 3.63) is 58.9 Å². The SMILES string of the molecule is CC(C)(C)OC(=O)NC1=NC2(c3cccc(NC(=O)c4ccc(Cl)cn4)c3)CC2CCS1. The number of aliphatic imine (C=N–C) groups is 1. The van der Waals surface area contributed by atoms with Crippen LogP contribution in [0.15, 0.2) is 47.6 Å². The standard InChI is InChI=1S/C23H25ClN4O3S/c1-22(2,3)31-21(30)27-20-28-23(12-15(23)9-10-32-20)14-5-4-6-17(11-14)26-19(29)18-8-7-16(24)13-25-18/h4-8,11,13,15H,9-10,12H2,1-3H3,(H,26,29)(H,27,28,30). The minimum atomic E-state index is -0.578. The molecule has 0 bridgehead atoms. The molecule has 32 heavy (non-hydrogen) atoms. The van der Waals surface area contributed by atoms with Crippen molar-refractivity contribution in [3.8, 4) is 0 Å². The molecule has 2 heterocycles. The minimum Gasteiger partial charge on any atom is -0.444 e. The van der Waals surface area contributed by atoms with Crippen LogP contribution >= 0.6 is 23.4 Å². The average molecular weight is 473 g/mol. The van der Waals surface area contributed by atoms with E-state index in [1.807, 2.05) is 45.0 Å². The fraction of sp³-hybridized carbons (Fsp3) is 0.391. The molecule has 1 aliphatic heterocycles. The Bertz CT molecular complexity index is 1070. The number of alkyl carbamates (subject to hydrolysis) is 1. The van der Waals surface area contributed by atoms with Gasteiger partial charge in [-0.3, -0.25) is 15.1 Å². The summed E-state index contributed by atoms with van der Waals surface area (Å²) in [6.07, 6.45) is 2.84. The lowest BCUT2D eigenvalue weighted by molar-refractivity contribution is 0.0564. The van der Waals surface area contributed by atoms with Crippen molar-refractivity contribution >= 4 is 46.2 Å². The van der Waals surface area contributed by atoms with Crippen LogP contribution in [0.1, 0.15) is 49.7 Å². The molecule has 1 aromatic carbocycles. The Kier molecular flexibility index (Phi) is 6.18. The highest BCUT2D eigenvalue weighted by atomic mass is 35.5. The number of halogens is 1. The maximum absolute atomic E-state index is 12.5. The number of hydrogen-bond donors (Lipinski definition) is 2. The van der Waals surface area contributed by atoms with Crippen molar-refractivity contribution < 1.29 is 14.3 Å². The summed E-state index contributed by atoms with van der Waals surface area (Å²) >= 11 is 7.38. The molecule has 1 aliphatic carbocycles. The van der Waals surface area contributed by atoms with E-state index in [-0.39, 0.29) is 11.6 Å². The normalized spacial score (nSPS) is 22.1. The van der Waals surface area contributed by atoms with Gasteiger partial charge in [-0.05, 0) is 69.4 Å². The molecule has 2 aromatic rings. The smallest absolute Gasteiger partial charge is 0.413 e. The lowest BCUT2D eigenvalue weighted by Gasteiger charge is -2.20. The first-order chi connectivity index (χ1) is 15.1. The maximum Gasteiger partial charge on any atom is 0.413 e. The van der Waals surface area contributed by atoms with Gasteiger partial charge in [0.2, 0.25) is 0 Å². The van der Waals surface area contributed by atoms with Crippen LogP contribution in [0.2, 0.25) is 5.02 Å². The number of pyridine rings is 1. The fourth-order valence-corrected chi connectivity index (χ4v) is 4.84. The zero-order valence-electron chi connectivity index (χ0n) is 18.1. The van der Waals surface area contributed by atoms with Crippen molar-refractivity contribution in [1.82, 2.24) is 10.3 Å². The Hall–Kier alpha value is -2.58. The molecule has 1 fully saturated rings. The van der Waals surface area contributed by atoms with Gasteiger partial charge in [-0.15, -0.1) is 0 Å². The number of thioether (sulfide) groups is 1. The number of rotatable bonds is 3. The second-order valence-corrected chi connectivity index (χ2v) is 10.4. The second kappa shape index (κ2) is 8.75. The van der Waals surface area contributed by atoms with Crippen LogP contribution < -0.4 is 10.6 Å². The van der Waals surface area contributed by atoms with Gasteiger partial charge in [0.15, 0.2) is 5.17 Å². The van der Waals surface area contributed by atoms with Gasteiger partial charge in [-0.2, -0.15) is 0 Å². The van der Waals surface area contributed by atoms with Crippen molar-refractivity contribution in [2.24, 2.45) is 10.9 Å². The Balaban J connectivity index is 1.53. The van der Waals surface area contributed by atoms with E-state index < -0.39 is 17.2 Å². The molecule has 1 aromatic heterocycles. The monoisotopic (exact) mass is 472 g/mol. The number of hydrogen-bond acceptors (Lipinski definition) is 6. The quantitative estimate of drug-likeness (QED) is 0.638. The van der Waals surface area contributed by atoms with E-state index in [2.05, 4.69) is 15.6 Å². The zero-order valence-corrected chi connectivity index (χ0v) is 19.7. The van der Waals surface area contributed by atoms with Gasteiger partial charge in [-0.1, -0.05) is 35.5 Å². The maximum atomic E-state index is 12.5. The number of nitrogens with one attached hydrogen (secondary N) is 2. The molecule has 2 atom stereocenters. The second-order valence-electron chi connectivity index (χ2n) is 8.90. The summed E-state index contributed by atoms with van der Waals surface area (Å²) < 4.78 is 5.38. The van der Waals surface area contributed by atoms with Crippen LogP contribution in [0.25, 0.3) is 0 Å². The third-order valence-electron chi connectivity index (χ3n) is 5.27. The van der Waals surface area contributed by atoms with E-state index in [4.69, 9.17) is 21.3 Å². The molecule has 1 saturated carbocycles. The first-order valence-corrected chi connectivity index (χ1v) is 11.8. The van der Waals surface area contributed by atoms with Crippen LogP contribution in [-0.2, 0) is 10.3 Å². The molecule has 0 spiro atoms. The van der Waals surface area contributed by atoms with Crippen LogP contribution in [0, 0.1) is 5.92 Å². The summed E-state index contributed by atoms with van der Waals surface area (Å²) in [5.74, 6) is 0.965. The van der Waals surface area contributed by atoms with Gasteiger partial charge in [0.25, 0.3) is 5.91 Å². The molecular weight excluding hydrogens is 448 g/mol. The molecule has 2 unspecified atom stereocenters. The fourth-order valence-electron chi connectivity index (χ4n) is 3.75. The molecule has 0 radical (unpaired) electrons. The Morgan fingerprint density at radius 2 is 2.03 bits per heavy atom. The number of aromatic nitrogens is 1. The number of fused-ring (bicyclic) bond motifs is 1. The number of nitrogens with zero attached hydrogens (tertiary/aromatic N) is 2. The molecule has 2 amide bonds. The number of benzene rings is 1. The van der Waals surface area contributed by atoms with E-state index in [0.29, 0.717) is 21.8 Å². The minimum absolute atomic E-state index is 0.287. The molecule has 4 rings (SSSR count). The highest BCUT2D eigenvalue weighted by Crippen LogP contribution is 2.59. The van der Waals surface area contributed by atoms with Gasteiger partial charge in [0.1, 0.15) is 11.3 Å². The van der Waals surface area contributed by atoms with Crippen LogP contribution in [0.5, 0.6) is 0 Å². The van der Waals surface area contributed by atoms with Crippen molar-refractivity contribution in [3.63, 3.8) is 0 Å². The van der Waals surface area contributed by atoms with E-state index in [1.54, 1.807) is 12.1 Å². The van der Waals surface area contributed by atoms with Gasteiger partial charge in [-0.25, -0.2) is 9.78 Å². The van der Waals surface area contributed by atoms with Crippen LogP contribution in [0.4, 0.5) is 10.5 Å². The molecule has 2 aliphatic rings. The average Bonchev–Trinajstić information content (AvgIpc) is 3.42. The van der Waals surface area contributed by atoms with Crippen LogP contribution in [0.3, 0.4) is 0 Å². The van der Waals surface area contributed by atoms with Gasteiger partial charge >= 0.3 is 6.09 Å². The third kappa shape index (κ3) is 5.24. The summed E-state index contributed by atoms with van der Waals surface area (Å²) in [5.41, 5.74) is 0.988. The van der Waals surface area contributed by atoms with E-state index >= 15 is 0 Å². The Morgan fingerprint density at radius 1 is 1.22 bits per heavy atom. The summed E-state index contributed by atoms with van der Waals surface area (Å²) in [5, 5.41) is 6.74. The topological polar surface area (TPSA) is 92.7 Å². The number of carbonyl (C=O) groups excluding carboxylic acids is 2. The van der Waals surface area contributed by atoms with Gasteiger partial charge in [0.05, 0.1) is 10.6 Å². The van der Waals surface area contributed by atoms with Gasteiger partial charge < -0.3 is 10.1 Å². The Labute approximate surface area is 196 Å². The first kappa shape index (κ1) is 22.6. The Morgan fingerprint density at radius 3 is 2.75 bits per heavy atom. The molecular formula is C23H25ClN4O3S. The van der Waals surface area contributed by atoms with Crippen molar-refractivity contribution in [1.29, 1.82) is 0 Å². The summed E-state index contributed by atoms with van der Waals surface area (Å²) in [4.78, 5) is 33.8. The zero-order chi connectivity index (χ0) is 22.9. The summed E-state index contributed by atoms with van der Waals surface area (Å²) in [6, 6.07) is 10.9. The number of amides is 2. The number of ether oxygens (including phenoxy) is 1. The number of anilines is 1. The first-order valence-electron chi connectivity index (χ1n) is 10.4. The number of amidine groups is 1. The molecule has 9 heteroatoms. The van der Waals surface area contributed by atoms with Crippen molar-refractivity contribution in [2.45, 2.75) is 44.8 Å². The molecule has 7 nitrogen and oxygen atoms in total. The molecule has 168 valence electrons. The van der Waals surface area contributed by atoms with E-state index in [0.717, 1.165) is 24.2 Å². The molecule has 0 saturated heterocycles. The van der Waals surface area contributed by atoms with Gasteiger partial charge in [0, 0.05) is 17.6 Å². The predicted molar refractivity (Wildman–Crippen MR) is 127 cm³/mol.